The first-order valence-corrected chi connectivity index (χ1v) is 10.2. The van der Waals surface area contributed by atoms with Crippen molar-refractivity contribution in [2.24, 2.45) is 29.1 Å². The highest BCUT2D eigenvalue weighted by Crippen LogP contribution is 2.48. The molecule has 1 amide bonds. The molecule has 4 atom stereocenters. The zero-order chi connectivity index (χ0) is 20.1. The van der Waals surface area contributed by atoms with Crippen LogP contribution >= 0.6 is 11.3 Å². The van der Waals surface area contributed by atoms with E-state index in [0.29, 0.717) is 5.13 Å². The number of nitrogens with zero attached hydrogens (tertiary/aromatic N) is 1. The molecule has 0 aliphatic heterocycles. The topological polar surface area (TPSA) is 79.3 Å². The fourth-order valence-corrected chi connectivity index (χ4v) is 4.93. The molecule has 0 saturated heterocycles. The van der Waals surface area contributed by atoms with Gasteiger partial charge in [0, 0.05) is 11.0 Å². The Morgan fingerprint density at radius 1 is 1.21 bits per heavy atom. The number of rotatable bonds is 3. The number of benzene rings is 1. The molecule has 144 valence electrons. The van der Waals surface area contributed by atoms with E-state index in [1.54, 1.807) is 0 Å². The number of aliphatic carboxylic acids is 1. The Bertz CT molecular complexity index is 1050. The third kappa shape index (κ3) is 3.55. The molecule has 4 rings (SSSR count). The van der Waals surface area contributed by atoms with Gasteiger partial charge in [-0.1, -0.05) is 35.3 Å². The maximum absolute atomic E-state index is 12.8. The number of thiazole rings is 1. The van der Waals surface area contributed by atoms with Crippen LogP contribution in [0.3, 0.4) is 0 Å². The van der Waals surface area contributed by atoms with Gasteiger partial charge >= 0.3 is 5.97 Å². The summed E-state index contributed by atoms with van der Waals surface area (Å²) < 4.78 is 0.943. The minimum Gasteiger partial charge on any atom is -0.481 e. The molecule has 1 aromatic heterocycles. The molecule has 1 fully saturated rings. The summed E-state index contributed by atoms with van der Waals surface area (Å²) in [4.78, 5) is 28.9. The van der Waals surface area contributed by atoms with E-state index < -0.39 is 17.8 Å². The normalized spacial score (nSPS) is 25.5. The number of anilines is 1. The molecule has 0 spiro atoms. The van der Waals surface area contributed by atoms with E-state index in [1.807, 2.05) is 30.4 Å². The van der Waals surface area contributed by atoms with Crippen LogP contribution in [0.5, 0.6) is 0 Å². The van der Waals surface area contributed by atoms with E-state index in [1.165, 1.54) is 11.3 Å². The molecular formula is C22H22N2O3S. The molecule has 28 heavy (non-hydrogen) atoms. The molecule has 2 aliphatic rings. The maximum atomic E-state index is 12.8. The minimum atomic E-state index is -0.900. The summed E-state index contributed by atoms with van der Waals surface area (Å²) in [5, 5.41) is 12.9. The first kappa shape index (κ1) is 18.7. The predicted molar refractivity (Wildman–Crippen MR) is 110 cm³/mol. The van der Waals surface area contributed by atoms with Crippen LogP contribution in [0, 0.1) is 40.9 Å². The van der Waals surface area contributed by atoms with Gasteiger partial charge in [-0.3, -0.25) is 9.59 Å². The second kappa shape index (κ2) is 6.75. The maximum Gasteiger partial charge on any atom is 0.307 e. The smallest absolute Gasteiger partial charge is 0.307 e. The number of allylic oxidation sites excluding steroid dienone is 2. The lowest BCUT2D eigenvalue weighted by Crippen LogP contribution is -2.36. The van der Waals surface area contributed by atoms with Crippen LogP contribution in [0.4, 0.5) is 5.13 Å². The Hall–Kier alpha value is -2.65. The van der Waals surface area contributed by atoms with Crippen molar-refractivity contribution in [1.29, 1.82) is 0 Å². The zero-order valence-corrected chi connectivity index (χ0v) is 16.8. The van der Waals surface area contributed by atoms with Crippen molar-refractivity contribution in [2.45, 2.75) is 27.2 Å². The Morgan fingerprint density at radius 3 is 2.61 bits per heavy atom. The molecular weight excluding hydrogens is 372 g/mol. The van der Waals surface area contributed by atoms with Crippen molar-refractivity contribution in [2.75, 3.05) is 5.32 Å². The van der Waals surface area contributed by atoms with Gasteiger partial charge < -0.3 is 10.4 Å². The number of carbonyl (C=O) groups excluding carboxylic acids is 1. The third-order valence-electron chi connectivity index (χ3n) is 5.25. The average Bonchev–Trinajstić information content (AvgIpc) is 3.31. The average molecular weight is 394 g/mol. The highest BCUT2D eigenvalue weighted by Gasteiger charge is 2.51. The van der Waals surface area contributed by atoms with Gasteiger partial charge in [-0.2, -0.15) is 0 Å². The van der Waals surface area contributed by atoms with Gasteiger partial charge in [-0.15, -0.1) is 0 Å². The van der Waals surface area contributed by atoms with Crippen molar-refractivity contribution < 1.29 is 14.7 Å². The number of carbonyl (C=O) groups is 2. The molecule has 0 radical (unpaired) electrons. The second-order valence-electron chi connectivity index (χ2n) is 8.53. The fourth-order valence-electron chi connectivity index (χ4n) is 4.02. The predicted octanol–water partition coefficient (Wildman–Crippen LogP) is 4.16. The molecule has 6 heteroatoms. The van der Waals surface area contributed by atoms with Crippen LogP contribution in [0.2, 0.25) is 0 Å². The van der Waals surface area contributed by atoms with Crippen molar-refractivity contribution in [3.05, 3.63) is 35.9 Å². The SMILES string of the molecule is CC(C)(C)C#Cc1ccc2nc(NC(=O)[C@@H]3C4C=CC(C4)[C@@H]3C(=O)O)sc2c1. The highest BCUT2D eigenvalue weighted by atomic mass is 32.1. The quantitative estimate of drug-likeness (QED) is 0.605. The Kier molecular flexibility index (Phi) is 4.51. The van der Waals surface area contributed by atoms with E-state index in [-0.39, 0.29) is 23.2 Å². The minimum absolute atomic E-state index is 0.000228. The van der Waals surface area contributed by atoms with Crippen LogP contribution in [0.15, 0.2) is 30.4 Å². The van der Waals surface area contributed by atoms with Gasteiger partial charge in [0.25, 0.3) is 0 Å². The number of hydrogen-bond acceptors (Lipinski definition) is 4. The van der Waals surface area contributed by atoms with E-state index in [0.717, 1.165) is 22.2 Å². The summed E-state index contributed by atoms with van der Waals surface area (Å²) >= 11 is 1.39. The third-order valence-corrected chi connectivity index (χ3v) is 6.18. The number of nitrogens with one attached hydrogen (secondary N) is 1. The Balaban J connectivity index is 1.55. The van der Waals surface area contributed by atoms with Crippen molar-refractivity contribution in [3.63, 3.8) is 0 Å². The zero-order valence-electron chi connectivity index (χ0n) is 16.0. The molecule has 2 N–H and O–H groups in total. The summed E-state index contributed by atoms with van der Waals surface area (Å²) in [6.07, 6.45) is 4.66. The molecule has 1 aromatic carbocycles. The second-order valence-corrected chi connectivity index (χ2v) is 9.56. The number of aromatic nitrogens is 1. The lowest BCUT2D eigenvalue weighted by atomic mass is 9.82. The summed E-state index contributed by atoms with van der Waals surface area (Å²) in [5.41, 5.74) is 1.63. The Morgan fingerprint density at radius 2 is 1.93 bits per heavy atom. The molecule has 2 unspecified atom stereocenters. The van der Waals surface area contributed by atoms with E-state index in [4.69, 9.17) is 0 Å². The summed E-state index contributed by atoms with van der Waals surface area (Å²) in [6, 6.07) is 5.80. The van der Waals surface area contributed by atoms with Gasteiger partial charge in [0.05, 0.1) is 22.1 Å². The number of carboxylic acids is 1. The molecule has 2 aromatic rings. The molecule has 2 bridgehead atoms. The Labute approximate surface area is 167 Å². The number of hydrogen-bond donors (Lipinski definition) is 2. The fraction of sp³-hybridized carbons (Fsp3) is 0.409. The van der Waals surface area contributed by atoms with Gasteiger partial charge in [0.2, 0.25) is 5.91 Å². The van der Waals surface area contributed by atoms with Crippen LogP contribution in [-0.2, 0) is 9.59 Å². The van der Waals surface area contributed by atoms with Crippen LogP contribution < -0.4 is 5.32 Å². The molecule has 5 nitrogen and oxygen atoms in total. The van der Waals surface area contributed by atoms with Gasteiger partial charge in [-0.05, 0) is 57.2 Å². The summed E-state index contributed by atoms with van der Waals surface area (Å²) in [5.74, 6) is 4.01. The van der Waals surface area contributed by atoms with Crippen LogP contribution in [0.25, 0.3) is 10.2 Å². The van der Waals surface area contributed by atoms with Crippen LogP contribution in [0.1, 0.15) is 32.8 Å². The number of fused-ring (bicyclic) bond motifs is 3. The number of amides is 1. The lowest BCUT2D eigenvalue weighted by molar-refractivity contribution is -0.146. The lowest BCUT2D eigenvalue weighted by Gasteiger charge is -2.23. The van der Waals surface area contributed by atoms with Gasteiger partial charge in [-0.25, -0.2) is 4.98 Å². The molecule has 1 heterocycles. The first-order valence-electron chi connectivity index (χ1n) is 9.37. The summed E-state index contributed by atoms with van der Waals surface area (Å²) in [6.45, 7) is 6.19. The van der Waals surface area contributed by atoms with E-state index in [2.05, 4.69) is 42.9 Å². The van der Waals surface area contributed by atoms with Gasteiger partial charge in [0.1, 0.15) is 0 Å². The summed E-state index contributed by atoms with van der Waals surface area (Å²) in [7, 11) is 0. The van der Waals surface area contributed by atoms with Crippen molar-refractivity contribution in [3.8, 4) is 11.8 Å². The molecule has 1 saturated carbocycles. The highest BCUT2D eigenvalue weighted by molar-refractivity contribution is 7.22. The largest absolute Gasteiger partial charge is 0.481 e. The van der Waals surface area contributed by atoms with E-state index >= 15 is 0 Å². The number of carboxylic acid groups (broad SMARTS) is 1. The standard InChI is InChI=1S/C22H22N2O3S/c1-22(2,3)9-8-12-4-7-15-16(10-12)28-21(23-15)24-19(25)17-13-5-6-14(11-13)18(17)20(26)27/h4-7,10,13-14,17-18H,11H2,1-3H3,(H,26,27)(H,23,24,25)/t13?,14?,17-,18+/m1/s1. The van der Waals surface area contributed by atoms with E-state index in [9.17, 15) is 14.7 Å². The first-order chi connectivity index (χ1) is 13.2. The van der Waals surface area contributed by atoms with Gasteiger partial charge in [0.15, 0.2) is 5.13 Å². The monoisotopic (exact) mass is 394 g/mol. The van der Waals surface area contributed by atoms with Crippen molar-refractivity contribution in [1.82, 2.24) is 4.98 Å². The van der Waals surface area contributed by atoms with Crippen molar-refractivity contribution >= 4 is 38.6 Å². The molecule has 2 aliphatic carbocycles. The van der Waals surface area contributed by atoms with Crippen LogP contribution in [-0.4, -0.2) is 22.0 Å².